The van der Waals surface area contributed by atoms with Crippen LogP contribution in [-0.2, 0) is 27.7 Å². The van der Waals surface area contributed by atoms with Crippen LogP contribution in [0.4, 0.5) is 4.39 Å². The SMILES string of the molecule is COc1c(F)cccc1CN1CCOc2cc([S+](N)(=O)[O-])ccc2C1. The molecular formula is C17H19FN2O4S. The first kappa shape index (κ1) is 17.8. The molecule has 1 heterocycles. The standard InChI is InChI=1S/C17H19FN2O4S/c1-23-17-13(3-2-4-15(17)18)11-20-7-8-24-16-9-14(25(19,21)22)6-5-12(16)10-20/h2-6,9H,7-8,10-11H2,1H3,(H2-,19,21,22). The van der Waals surface area contributed by atoms with Crippen LogP contribution in [0.3, 0.4) is 0 Å². The van der Waals surface area contributed by atoms with Gasteiger partial charge in [0.25, 0.3) is 0 Å². The Kier molecular flexibility index (Phi) is 5.05. The Morgan fingerprint density at radius 2 is 2.20 bits per heavy atom. The van der Waals surface area contributed by atoms with Crippen LogP contribution < -0.4 is 14.6 Å². The molecule has 1 atom stereocenters. The van der Waals surface area contributed by atoms with Crippen molar-refractivity contribution in [2.45, 2.75) is 18.0 Å². The lowest BCUT2D eigenvalue weighted by atomic mass is 10.1. The quantitative estimate of drug-likeness (QED) is 0.837. The summed E-state index contributed by atoms with van der Waals surface area (Å²) in [6.07, 6.45) is 0. The highest BCUT2D eigenvalue weighted by molar-refractivity contribution is 7.95. The number of nitrogens with two attached hydrogens (primary N) is 1. The van der Waals surface area contributed by atoms with Gasteiger partial charge < -0.3 is 14.0 Å². The largest absolute Gasteiger partial charge is 0.593 e. The molecule has 3 rings (SSSR count). The Hall–Kier alpha value is -2.00. The van der Waals surface area contributed by atoms with Crippen molar-refractivity contribution in [2.24, 2.45) is 5.14 Å². The molecule has 2 aromatic carbocycles. The van der Waals surface area contributed by atoms with Crippen LogP contribution in [-0.4, -0.2) is 29.7 Å². The number of halogens is 1. The number of hydrogen-bond acceptors (Lipinski definition) is 5. The van der Waals surface area contributed by atoms with Crippen molar-refractivity contribution >= 4 is 10.4 Å². The van der Waals surface area contributed by atoms with E-state index < -0.39 is 16.2 Å². The van der Waals surface area contributed by atoms with Gasteiger partial charge in [-0.05, 0) is 18.2 Å². The van der Waals surface area contributed by atoms with Crippen molar-refractivity contribution < 1.29 is 22.6 Å². The first-order valence-corrected chi connectivity index (χ1v) is 9.25. The first-order chi connectivity index (χ1) is 11.9. The molecule has 0 aromatic heterocycles. The van der Waals surface area contributed by atoms with Gasteiger partial charge in [0, 0.05) is 36.8 Å². The summed E-state index contributed by atoms with van der Waals surface area (Å²) in [6, 6.07) is 9.42. The van der Waals surface area contributed by atoms with Gasteiger partial charge in [-0.2, -0.15) is 0 Å². The minimum atomic E-state index is -3.78. The number of ether oxygens (including phenoxy) is 2. The summed E-state index contributed by atoms with van der Waals surface area (Å²) in [7, 11) is -2.33. The minimum absolute atomic E-state index is 0.0199. The molecule has 0 radical (unpaired) electrons. The van der Waals surface area contributed by atoms with E-state index >= 15 is 0 Å². The van der Waals surface area contributed by atoms with E-state index in [4.69, 9.17) is 14.6 Å². The maximum atomic E-state index is 13.8. The van der Waals surface area contributed by atoms with Crippen LogP contribution in [0.2, 0.25) is 0 Å². The van der Waals surface area contributed by atoms with E-state index in [0.29, 0.717) is 32.0 Å². The summed E-state index contributed by atoms with van der Waals surface area (Å²) >= 11 is 0. The third-order valence-corrected chi connectivity index (χ3v) is 4.98. The molecule has 25 heavy (non-hydrogen) atoms. The van der Waals surface area contributed by atoms with Gasteiger partial charge in [0.1, 0.15) is 12.4 Å². The molecule has 134 valence electrons. The number of rotatable bonds is 4. The average molecular weight is 366 g/mol. The molecule has 2 aromatic rings. The summed E-state index contributed by atoms with van der Waals surface area (Å²) in [6.45, 7) is 2.03. The number of nitrogens with zero attached hydrogens (tertiary/aromatic N) is 1. The number of hydrogen-bond donors (Lipinski definition) is 1. The Labute approximate surface area is 146 Å². The molecule has 8 heteroatoms. The molecule has 1 unspecified atom stereocenters. The fourth-order valence-electron chi connectivity index (χ4n) is 2.86. The molecule has 1 aliphatic rings. The van der Waals surface area contributed by atoms with E-state index in [1.54, 1.807) is 12.1 Å². The summed E-state index contributed by atoms with van der Waals surface area (Å²) < 4.78 is 47.6. The van der Waals surface area contributed by atoms with Gasteiger partial charge in [0.2, 0.25) is 0 Å². The molecule has 0 saturated heterocycles. The highest BCUT2D eigenvalue weighted by atomic mass is 32.3. The molecule has 6 nitrogen and oxygen atoms in total. The van der Waals surface area contributed by atoms with Gasteiger partial charge in [-0.3, -0.25) is 4.90 Å². The maximum absolute atomic E-state index is 13.8. The number of sulfonamides is 1. The molecule has 0 spiro atoms. The predicted octanol–water partition coefficient (Wildman–Crippen LogP) is 2.09. The number of methoxy groups -OCH3 is 1. The third kappa shape index (κ3) is 3.98. The van der Waals surface area contributed by atoms with Gasteiger partial charge >= 0.3 is 0 Å². The second-order valence-electron chi connectivity index (χ2n) is 5.81. The van der Waals surface area contributed by atoms with E-state index in [2.05, 4.69) is 4.90 Å². The second kappa shape index (κ2) is 7.09. The van der Waals surface area contributed by atoms with E-state index in [0.717, 1.165) is 11.1 Å². The van der Waals surface area contributed by atoms with Crippen LogP contribution in [0, 0.1) is 5.82 Å². The molecule has 2 N–H and O–H groups in total. The summed E-state index contributed by atoms with van der Waals surface area (Å²) in [5.41, 5.74) is 1.59. The van der Waals surface area contributed by atoms with Crippen LogP contribution in [0.15, 0.2) is 41.3 Å². The summed E-state index contributed by atoms with van der Waals surface area (Å²) in [5, 5.41) is 5.16. The lowest BCUT2D eigenvalue weighted by Gasteiger charge is -2.21. The van der Waals surface area contributed by atoms with Gasteiger partial charge in [-0.25, -0.2) is 4.39 Å². The van der Waals surface area contributed by atoms with Crippen molar-refractivity contribution in [1.29, 1.82) is 0 Å². The third-order valence-electron chi connectivity index (χ3n) is 4.07. The molecule has 1 aliphatic heterocycles. The molecule has 0 fully saturated rings. The molecule has 0 aliphatic carbocycles. The normalized spacial score (nSPS) is 17.1. The maximum Gasteiger partial charge on any atom is 0.178 e. The van der Waals surface area contributed by atoms with Gasteiger partial charge in [0.15, 0.2) is 26.9 Å². The summed E-state index contributed by atoms with van der Waals surface area (Å²) in [5.74, 6) is 0.335. The number of fused-ring (bicyclic) bond motifs is 1. The van der Waals surface area contributed by atoms with Crippen LogP contribution in [0.25, 0.3) is 0 Å². The Morgan fingerprint density at radius 3 is 2.92 bits per heavy atom. The van der Waals surface area contributed by atoms with Crippen LogP contribution in [0.5, 0.6) is 11.5 Å². The fourth-order valence-corrected chi connectivity index (χ4v) is 3.39. The highest BCUT2D eigenvalue weighted by Crippen LogP contribution is 2.29. The van der Waals surface area contributed by atoms with Crippen LogP contribution in [0.1, 0.15) is 11.1 Å². The first-order valence-electron chi connectivity index (χ1n) is 7.71. The number of benzene rings is 2. The highest BCUT2D eigenvalue weighted by Gasteiger charge is 2.22. The zero-order chi connectivity index (χ0) is 18.0. The molecule has 0 amide bonds. The van der Waals surface area contributed by atoms with Crippen molar-refractivity contribution in [1.82, 2.24) is 4.90 Å². The van der Waals surface area contributed by atoms with Crippen molar-refractivity contribution in [3.8, 4) is 11.5 Å². The monoisotopic (exact) mass is 366 g/mol. The Balaban J connectivity index is 1.83. The number of primary sulfonamides is 1. The van der Waals surface area contributed by atoms with Gasteiger partial charge in [0.05, 0.1) is 7.11 Å². The second-order valence-corrected chi connectivity index (χ2v) is 7.37. The Bertz CT molecular complexity index is 824. The molecular weight excluding hydrogens is 347 g/mol. The van der Waals surface area contributed by atoms with Crippen molar-refractivity contribution in [3.63, 3.8) is 0 Å². The predicted molar refractivity (Wildman–Crippen MR) is 90.3 cm³/mol. The molecule has 0 bridgehead atoms. The van der Waals surface area contributed by atoms with E-state index in [-0.39, 0.29) is 10.6 Å². The van der Waals surface area contributed by atoms with E-state index in [1.807, 2.05) is 6.07 Å². The Morgan fingerprint density at radius 1 is 1.40 bits per heavy atom. The van der Waals surface area contributed by atoms with E-state index in [9.17, 15) is 13.2 Å². The lowest BCUT2D eigenvalue weighted by Crippen LogP contribution is -2.25. The average Bonchev–Trinajstić information content (AvgIpc) is 2.75. The van der Waals surface area contributed by atoms with Gasteiger partial charge in [-0.15, -0.1) is 5.14 Å². The smallest absolute Gasteiger partial charge is 0.178 e. The number of para-hydroxylation sites is 1. The zero-order valence-corrected chi connectivity index (χ0v) is 14.6. The van der Waals surface area contributed by atoms with Crippen LogP contribution >= 0.6 is 0 Å². The van der Waals surface area contributed by atoms with Crippen molar-refractivity contribution in [2.75, 3.05) is 20.3 Å². The molecule has 0 saturated carbocycles. The topological polar surface area (TPSA) is 87.8 Å². The fraction of sp³-hybridized carbons (Fsp3) is 0.294. The van der Waals surface area contributed by atoms with Gasteiger partial charge in [-0.1, -0.05) is 16.3 Å². The zero-order valence-electron chi connectivity index (χ0n) is 13.7. The lowest BCUT2D eigenvalue weighted by molar-refractivity contribution is 0.216. The minimum Gasteiger partial charge on any atom is -0.593 e. The summed E-state index contributed by atoms with van der Waals surface area (Å²) in [4.78, 5) is 2.10. The van der Waals surface area contributed by atoms with Crippen molar-refractivity contribution in [3.05, 3.63) is 53.3 Å². The van der Waals surface area contributed by atoms with E-state index in [1.165, 1.54) is 25.3 Å².